The maximum atomic E-state index is 12.2. The third-order valence-corrected chi connectivity index (χ3v) is 4.20. The highest BCUT2D eigenvalue weighted by Gasteiger charge is 2.21. The molecule has 0 aliphatic carbocycles. The Hall–Kier alpha value is -3.42. The zero-order chi connectivity index (χ0) is 19.2. The molecule has 8 nitrogen and oxygen atoms in total. The summed E-state index contributed by atoms with van der Waals surface area (Å²) in [4.78, 5) is 25.7. The number of carbonyl (C=O) groups excluding carboxylic acids is 2. The fourth-order valence-corrected chi connectivity index (χ4v) is 2.84. The number of nitrogens with zero attached hydrogens (tertiary/aromatic N) is 1. The standard InChI is InChI=1S/C19H22N4O4/c1-26-16-6-7-17(27-2)13(10-16)12-21-18(24)22-14-4-3-5-15(11-14)23-9-8-20-19(23)25/h3-7,10-11H,8-9,12H2,1-2H3,(H,20,25)(H2,21,22,24). The molecule has 1 fully saturated rings. The molecule has 0 atom stereocenters. The smallest absolute Gasteiger partial charge is 0.321 e. The van der Waals surface area contributed by atoms with Gasteiger partial charge in [0, 0.05) is 36.6 Å². The first-order valence-corrected chi connectivity index (χ1v) is 8.52. The average molecular weight is 370 g/mol. The lowest BCUT2D eigenvalue weighted by Crippen LogP contribution is -2.29. The molecule has 0 unspecified atom stereocenters. The van der Waals surface area contributed by atoms with E-state index >= 15 is 0 Å². The van der Waals surface area contributed by atoms with Gasteiger partial charge in [0.25, 0.3) is 0 Å². The molecule has 1 heterocycles. The summed E-state index contributed by atoms with van der Waals surface area (Å²) in [5, 5.41) is 8.32. The van der Waals surface area contributed by atoms with Crippen molar-refractivity contribution in [2.75, 3.05) is 37.5 Å². The number of anilines is 2. The lowest BCUT2D eigenvalue weighted by Gasteiger charge is -2.16. The van der Waals surface area contributed by atoms with E-state index in [-0.39, 0.29) is 18.6 Å². The van der Waals surface area contributed by atoms with Gasteiger partial charge in [-0.3, -0.25) is 4.90 Å². The van der Waals surface area contributed by atoms with Crippen LogP contribution in [-0.2, 0) is 6.54 Å². The third-order valence-electron chi connectivity index (χ3n) is 4.20. The van der Waals surface area contributed by atoms with E-state index in [1.807, 2.05) is 12.1 Å². The minimum absolute atomic E-state index is 0.137. The van der Waals surface area contributed by atoms with E-state index in [0.29, 0.717) is 30.3 Å². The van der Waals surface area contributed by atoms with Gasteiger partial charge in [0.05, 0.1) is 14.2 Å². The molecule has 142 valence electrons. The largest absolute Gasteiger partial charge is 0.497 e. The van der Waals surface area contributed by atoms with Crippen molar-refractivity contribution < 1.29 is 19.1 Å². The third kappa shape index (κ3) is 4.41. The van der Waals surface area contributed by atoms with Crippen molar-refractivity contribution in [1.29, 1.82) is 0 Å². The van der Waals surface area contributed by atoms with Crippen molar-refractivity contribution in [1.82, 2.24) is 10.6 Å². The summed E-state index contributed by atoms with van der Waals surface area (Å²) in [5.74, 6) is 1.35. The molecule has 2 aromatic rings. The van der Waals surface area contributed by atoms with Crippen LogP contribution in [0.1, 0.15) is 5.56 Å². The summed E-state index contributed by atoms with van der Waals surface area (Å²) in [6.07, 6.45) is 0. The van der Waals surface area contributed by atoms with Gasteiger partial charge in [-0.05, 0) is 36.4 Å². The Morgan fingerprint density at radius 3 is 2.74 bits per heavy atom. The van der Waals surface area contributed by atoms with Crippen molar-refractivity contribution in [3.8, 4) is 11.5 Å². The van der Waals surface area contributed by atoms with Gasteiger partial charge in [-0.25, -0.2) is 9.59 Å². The average Bonchev–Trinajstić information content (AvgIpc) is 3.12. The molecule has 0 aromatic heterocycles. The SMILES string of the molecule is COc1ccc(OC)c(CNC(=O)Nc2cccc(N3CCNC3=O)c2)c1. The first kappa shape index (κ1) is 18.4. The molecule has 3 rings (SSSR count). The predicted molar refractivity (Wildman–Crippen MR) is 103 cm³/mol. The van der Waals surface area contributed by atoms with Crippen molar-refractivity contribution in [2.45, 2.75) is 6.54 Å². The van der Waals surface area contributed by atoms with Crippen LogP contribution < -0.4 is 30.3 Å². The van der Waals surface area contributed by atoms with Crippen LogP contribution in [0, 0.1) is 0 Å². The fraction of sp³-hybridized carbons (Fsp3) is 0.263. The second-order valence-corrected chi connectivity index (χ2v) is 5.92. The molecular formula is C19H22N4O4. The molecule has 1 saturated heterocycles. The van der Waals surface area contributed by atoms with Crippen molar-refractivity contribution in [3.63, 3.8) is 0 Å². The highest BCUT2D eigenvalue weighted by atomic mass is 16.5. The minimum atomic E-state index is -0.358. The van der Waals surface area contributed by atoms with Gasteiger partial charge in [-0.1, -0.05) is 6.07 Å². The van der Waals surface area contributed by atoms with Gasteiger partial charge in [0.15, 0.2) is 0 Å². The monoisotopic (exact) mass is 370 g/mol. The van der Waals surface area contributed by atoms with Crippen molar-refractivity contribution in [2.24, 2.45) is 0 Å². The Morgan fingerprint density at radius 1 is 1.19 bits per heavy atom. The Bertz CT molecular complexity index is 840. The zero-order valence-electron chi connectivity index (χ0n) is 15.2. The van der Waals surface area contributed by atoms with E-state index < -0.39 is 0 Å². The summed E-state index contributed by atoms with van der Waals surface area (Å²) in [6.45, 7) is 1.49. The summed E-state index contributed by atoms with van der Waals surface area (Å²) in [6, 6.07) is 12.0. The van der Waals surface area contributed by atoms with E-state index in [1.165, 1.54) is 0 Å². The molecule has 0 saturated carbocycles. The molecule has 1 aliphatic heterocycles. The van der Waals surface area contributed by atoms with Gasteiger partial charge in [0.2, 0.25) is 0 Å². The van der Waals surface area contributed by atoms with Crippen LogP contribution >= 0.6 is 0 Å². The number of hydrogen-bond acceptors (Lipinski definition) is 4. The molecule has 0 bridgehead atoms. The number of urea groups is 2. The molecule has 2 aromatic carbocycles. The first-order chi connectivity index (χ1) is 13.1. The number of hydrogen-bond donors (Lipinski definition) is 3. The molecule has 0 radical (unpaired) electrons. The van der Waals surface area contributed by atoms with Crippen molar-refractivity contribution >= 4 is 23.4 Å². The van der Waals surface area contributed by atoms with Crippen LogP contribution in [0.3, 0.4) is 0 Å². The van der Waals surface area contributed by atoms with Gasteiger partial charge in [0.1, 0.15) is 11.5 Å². The molecule has 0 spiro atoms. The number of ether oxygens (including phenoxy) is 2. The molecule has 1 aliphatic rings. The molecule has 8 heteroatoms. The predicted octanol–water partition coefficient (Wildman–Crippen LogP) is 2.56. The Morgan fingerprint density at radius 2 is 2.04 bits per heavy atom. The Balaban J connectivity index is 1.62. The summed E-state index contributed by atoms with van der Waals surface area (Å²) >= 11 is 0. The number of carbonyl (C=O) groups is 2. The summed E-state index contributed by atoms with van der Waals surface area (Å²) < 4.78 is 10.5. The van der Waals surface area contributed by atoms with Crippen LogP contribution in [0.25, 0.3) is 0 Å². The van der Waals surface area contributed by atoms with Gasteiger partial charge >= 0.3 is 12.1 Å². The number of rotatable bonds is 6. The number of benzene rings is 2. The van der Waals surface area contributed by atoms with Gasteiger partial charge < -0.3 is 25.4 Å². The highest BCUT2D eigenvalue weighted by molar-refractivity contribution is 5.95. The lowest BCUT2D eigenvalue weighted by molar-refractivity contribution is 0.251. The van der Waals surface area contributed by atoms with E-state index in [2.05, 4.69) is 16.0 Å². The second kappa shape index (κ2) is 8.31. The van der Waals surface area contributed by atoms with Crippen LogP contribution in [0.5, 0.6) is 11.5 Å². The quantitative estimate of drug-likeness (QED) is 0.729. The second-order valence-electron chi connectivity index (χ2n) is 5.92. The Kier molecular flexibility index (Phi) is 5.65. The number of methoxy groups -OCH3 is 2. The van der Waals surface area contributed by atoms with Crippen molar-refractivity contribution in [3.05, 3.63) is 48.0 Å². The zero-order valence-corrected chi connectivity index (χ0v) is 15.2. The molecule has 27 heavy (non-hydrogen) atoms. The van der Waals surface area contributed by atoms with E-state index in [4.69, 9.17) is 9.47 Å². The normalized spacial score (nSPS) is 13.1. The maximum Gasteiger partial charge on any atom is 0.321 e. The maximum absolute atomic E-state index is 12.2. The van der Waals surface area contributed by atoms with Crippen LogP contribution in [0.2, 0.25) is 0 Å². The molecule has 3 N–H and O–H groups in total. The molecule has 4 amide bonds. The van der Waals surface area contributed by atoms with Gasteiger partial charge in [-0.15, -0.1) is 0 Å². The van der Waals surface area contributed by atoms with Crippen LogP contribution in [0.15, 0.2) is 42.5 Å². The number of nitrogens with one attached hydrogen (secondary N) is 3. The Labute approximate surface area is 157 Å². The van der Waals surface area contributed by atoms with Crippen LogP contribution in [-0.4, -0.2) is 39.4 Å². The van der Waals surface area contributed by atoms with Crippen LogP contribution in [0.4, 0.5) is 21.0 Å². The summed E-state index contributed by atoms with van der Waals surface area (Å²) in [7, 11) is 3.16. The van der Waals surface area contributed by atoms with E-state index in [1.54, 1.807) is 49.5 Å². The van der Waals surface area contributed by atoms with E-state index in [9.17, 15) is 9.59 Å². The highest BCUT2D eigenvalue weighted by Crippen LogP contribution is 2.24. The molecular weight excluding hydrogens is 348 g/mol. The fourth-order valence-electron chi connectivity index (χ4n) is 2.84. The first-order valence-electron chi connectivity index (χ1n) is 8.52. The number of amides is 4. The lowest BCUT2D eigenvalue weighted by atomic mass is 10.2. The van der Waals surface area contributed by atoms with E-state index in [0.717, 1.165) is 11.3 Å². The minimum Gasteiger partial charge on any atom is -0.497 e. The summed E-state index contributed by atoms with van der Waals surface area (Å²) in [5.41, 5.74) is 2.13. The van der Waals surface area contributed by atoms with Gasteiger partial charge in [-0.2, -0.15) is 0 Å². The topological polar surface area (TPSA) is 91.9 Å².